The van der Waals surface area contributed by atoms with Gasteiger partial charge in [-0.2, -0.15) is 9.57 Å². The van der Waals surface area contributed by atoms with E-state index in [4.69, 9.17) is 10.4 Å². The van der Waals surface area contributed by atoms with Crippen molar-refractivity contribution in [3.8, 4) is 6.07 Å². The van der Waals surface area contributed by atoms with Gasteiger partial charge in [0.25, 0.3) is 0 Å². The number of rotatable bonds is 3. The Balaban J connectivity index is 2.33. The van der Waals surface area contributed by atoms with Crippen LogP contribution in [0.2, 0.25) is 0 Å². The summed E-state index contributed by atoms with van der Waals surface area (Å²) in [6.45, 7) is 0.233. The highest BCUT2D eigenvalue weighted by molar-refractivity contribution is 7.89. The molecule has 6 nitrogen and oxygen atoms in total. The summed E-state index contributed by atoms with van der Waals surface area (Å²) >= 11 is 0. The molecule has 1 N–H and O–H groups in total. The van der Waals surface area contributed by atoms with E-state index in [0.29, 0.717) is 13.0 Å². The van der Waals surface area contributed by atoms with Crippen LogP contribution in [0.25, 0.3) is 0 Å². The third-order valence-electron chi connectivity index (χ3n) is 2.99. The summed E-state index contributed by atoms with van der Waals surface area (Å²) in [5, 5.41) is 17.8. The number of aliphatic hydroxyl groups excluding tert-OH is 1. The van der Waals surface area contributed by atoms with E-state index in [1.54, 1.807) is 0 Å². The number of aromatic nitrogens is 1. The Morgan fingerprint density at radius 2 is 2.33 bits per heavy atom. The number of hydrogen-bond acceptors (Lipinski definition) is 5. The monoisotopic (exact) mass is 267 g/mol. The SMILES string of the molecule is N#Cc1ccc(S(=O)(=O)N2CCC[C@H]2CO)cn1. The lowest BCUT2D eigenvalue weighted by molar-refractivity contribution is 0.213. The van der Waals surface area contributed by atoms with Crippen LogP contribution in [0.1, 0.15) is 18.5 Å². The van der Waals surface area contributed by atoms with Crippen LogP contribution >= 0.6 is 0 Å². The molecule has 0 radical (unpaired) electrons. The minimum absolute atomic E-state index is 0.0573. The van der Waals surface area contributed by atoms with Gasteiger partial charge in [0.1, 0.15) is 16.7 Å². The van der Waals surface area contributed by atoms with Crippen LogP contribution in [-0.4, -0.2) is 42.0 Å². The Morgan fingerprint density at radius 1 is 1.56 bits per heavy atom. The van der Waals surface area contributed by atoms with Gasteiger partial charge in [0.15, 0.2) is 0 Å². The van der Waals surface area contributed by atoms with Gasteiger partial charge < -0.3 is 5.11 Å². The van der Waals surface area contributed by atoms with Crippen LogP contribution in [0.5, 0.6) is 0 Å². The lowest BCUT2D eigenvalue weighted by atomic mass is 10.2. The first-order chi connectivity index (χ1) is 8.59. The van der Waals surface area contributed by atoms with Crippen LogP contribution in [0.4, 0.5) is 0 Å². The predicted molar refractivity (Wildman–Crippen MR) is 63.0 cm³/mol. The number of pyridine rings is 1. The molecule has 1 fully saturated rings. The molecule has 96 valence electrons. The van der Waals surface area contributed by atoms with E-state index in [-0.39, 0.29) is 23.2 Å². The van der Waals surface area contributed by atoms with Gasteiger partial charge in [-0.15, -0.1) is 0 Å². The van der Waals surface area contributed by atoms with Crippen LogP contribution in [0.3, 0.4) is 0 Å². The van der Waals surface area contributed by atoms with E-state index in [9.17, 15) is 8.42 Å². The summed E-state index contributed by atoms with van der Waals surface area (Å²) in [5.41, 5.74) is 0.175. The molecule has 1 saturated heterocycles. The summed E-state index contributed by atoms with van der Waals surface area (Å²) in [7, 11) is -3.62. The quantitative estimate of drug-likeness (QED) is 0.838. The lowest BCUT2D eigenvalue weighted by Crippen LogP contribution is -2.37. The van der Waals surface area contributed by atoms with Crippen molar-refractivity contribution in [1.29, 1.82) is 5.26 Å². The van der Waals surface area contributed by atoms with Crippen molar-refractivity contribution < 1.29 is 13.5 Å². The standard InChI is InChI=1S/C11H13N3O3S/c12-6-9-3-4-11(7-13-9)18(16,17)14-5-1-2-10(14)8-15/h3-4,7,10,15H,1-2,5,8H2/t10-/m0/s1. The highest BCUT2D eigenvalue weighted by Gasteiger charge is 2.34. The molecule has 0 bridgehead atoms. The Bertz CT molecular complexity index is 562. The van der Waals surface area contributed by atoms with Gasteiger partial charge in [-0.25, -0.2) is 13.4 Å². The van der Waals surface area contributed by atoms with E-state index in [1.807, 2.05) is 6.07 Å². The molecule has 1 aromatic heterocycles. The molecule has 0 saturated carbocycles. The second-order valence-electron chi connectivity index (χ2n) is 4.09. The van der Waals surface area contributed by atoms with E-state index in [0.717, 1.165) is 6.42 Å². The molecule has 2 rings (SSSR count). The third kappa shape index (κ3) is 2.22. The Kier molecular flexibility index (Phi) is 3.61. The minimum Gasteiger partial charge on any atom is -0.395 e. The second kappa shape index (κ2) is 5.02. The highest BCUT2D eigenvalue weighted by Crippen LogP contribution is 2.25. The molecule has 1 aromatic rings. The summed E-state index contributed by atoms with van der Waals surface area (Å²) in [4.78, 5) is 3.81. The Hall–Kier alpha value is -1.49. The van der Waals surface area contributed by atoms with E-state index < -0.39 is 10.0 Å². The van der Waals surface area contributed by atoms with Crippen molar-refractivity contribution in [3.63, 3.8) is 0 Å². The summed E-state index contributed by atoms with van der Waals surface area (Å²) in [6, 6.07) is 4.22. The molecule has 18 heavy (non-hydrogen) atoms. The number of sulfonamides is 1. The fourth-order valence-electron chi connectivity index (χ4n) is 2.04. The van der Waals surface area contributed by atoms with Crippen molar-refractivity contribution in [2.45, 2.75) is 23.8 Å². The molecule has 0 aliphatic carbocycles. The molecule has 0 aromatic carbocycles. The maximum atomic E-state index is 12.3. The summed E-state index contributed by atoms with van der Waals surface area (Å²) in [6.07, 6.45) is 2.59. The second-order valence-corrected chi connectivity index (χ2v) is 5.98. The van der Waals surface area contributed by atoms with Gasteiger partial charge in [-0.1, -0.05) is 0 Å². The minimum atomic E-state index is -3.62. The van der Waals surface area contributed by atoms with Crippen molar-refractivity contribution in [2.75, 3.05) is 13.2 Å². The maximum absolute atomic E-state index is 12.3. The van der Waals surface area contributed by atoms with Crippen molar-refractivity contribution in [3.05, 3.63) is 24.0 Å². The fraction of sp³-hybridized carbons (Fsp3) is 0.455. The maximum Gasteiger partial charge on any atom is 0.244 e. The summed E-state index contributed by atoms with van der Waals surface area (Å²) < 4.78 is 25.9. The topological polar surface area (TPSA) is 94.3 Å². The van der Waals surface area contributed by atoms with Crippen LogP contribution in [0.15, 0.2) is 23.2 Å². The first kappa shape index (κ1) is 13.0. The lowest BCUT2D eigenvalue weighted by Gasteiger charge is -2.22. The molecule has 1 aliphatic rings. The van der Waals surface area contributed by atoms with Crippen molar-refractivity contribution in [1.82, 2.24) is 9.29 Å². The van der Waals surface area contributed by atoms with Gasteiger partial charge in [0.2, 0.25) is 10.0 Å². The predicted octanol–water partition coefficient (Wildman–Crippen LogP) is 0.0987. The zero-order chi connectivity index (χ0) is 13.2. The zero-order valence-electron chi connectivity index (χ0n) is 9.65. The van der Waals surface area contributed by atoms with Crippen molar-refractivity contribution in [2.24, 2.45) is 0 Å². The van der Waals surface area contributed by atoms with E-state index in [2.05, 4.69) is 4.98 Å². The van der Waals surface area contributed by atoms with Crippen LogP contribution in [-0.2, 0) is 10.0 Å². The fourth-order valence-corrected chi connectivity index (χ4v) is 3.67. The molecule has 7 heteroatoms. The number of nitriles is 1. The summed E-state index contributed by atoms with van der Waals surface area (Å²) in [5.74, 6) is 0. The zero-order valence-corrected chi connectivity index (χ0v) is 10.5. The van der Waals surface area contributed by atoms with Gasteiger partial charge in [0, 0.05) is 18.8 Å². The van der Waals surface area contributed by atoms with Crippen molar-refractivity contribution >= 4 is 10.0 Å². The average Bonchev–Trinajstić information content (AvgIpc) is 2.88. The molecular formula is C11H13N3O3S. The number of hydrogen-bond donors (Lipinski definition) is 1. The first-order valence-corrected chi connectivity index (χ1v) is 7.02. The van der Waals surface area contributed by atoms with Gasteiger partial charge in [-0.05, 0) is 25.0 Å². The average molecular weight is 267 g/mol. The molecular weight excluding hydrogens is 254 g/mol. The molecule has 0 unspecified atom stereocenters. The normalized spacial score (nSPS) is 20.8. The third-order valence-corrected chi connectivity index (χ3v) is 4.93. The molecule has 0 spiro atoms. The molecule has 1 aliphatic heterocycles. The Morgan fingerprint density at radius 3 is 2.89 bits per heavy atom. The molecule has 0 amide bonds. The highest BCUT2D eigenvalue weighted by atomic mass is 32.2. The van der Waals surface area contributed by atoms with E-state index in [1.165, 1.54) is 22.6 Å². The molecule has 2 heterocycles. The first-order valence-electron chi connectivity index (χ1n) is 5.58. The molecule has 1 atom stereocenters. The number of aliphatic hydroxyl groups is 1. The van der Waals surface area contributed by atoms with Gasteiger partial charge in [-0.3, -0.25) is 0 Å². The smallest absolute Gasteiger partial charge is 0.244 e. The van der Waals surface area contributed by atoms with Crippen LogP contribution < -0.4 is 0 Å². The van der Waals surface area contributed by atoms with Gasteiger partial charge in [0.05, 0.1) is 6.61 Å². The van der Waals surface area contributed by atoms with E-state index >= 15 is 0 Å². The van der Waals surface area contributed by atoms with Crippen LogP contribution in [0, 0.1) is 11.3 Å². The largest absolute Gasteiger partial charge is 0.395 e. The van der Waals surface area contributed by atoms with Gasteiger partial charge >= 0.3 is 0 Å². The Labute approximate surface area is 106 Å². The number of nitrogens with zero attached hydrogens (tertiary/aromatic N) is 3.